The van der Waals surface area contributed by atoms with Crippen molar-refractivity contribution in [2.24, 2.45) is 0 Å². The Bertz CT molecular complexity index is 463. The lowest BCUT2D eigenvalue weighted by molar-refractivity contribution is -0.143. The highest BCUT2D eigenvalue weighted by molar-refractivity contribution is 5.90. The average Bonchev–Trinajstić information content (AvgIpc) is 2.45. The maximum Gasteiger partial charge on any atom is 0.305 e. The number of esters is 1. The molecule has 21 heavy (non-hydrogen) atoms. The smallest absolute Gasteiger partial charge is 0.305 e. The molecule has 0 spiro atoms. The fourth-order valence-corrected chi connectivity index (χ4v) is 1.92. The van der Waals surface area contributed by atoms with Crippen LogP contribution in [0.4, 0.5) is 10.1 Å². The Labute approximate surface area is 124 Å². The molecule has 0 atom stereocenters. The number of hydrogen-bond acceptors (Lipinski definition) is 3. The van der Waals surface area contributed by atoms with Crippen LogP contribution in [-0.2, 0) is 14.3 Å². The fraction of sp³-hybridized carbons (Fsp3) is 0.500. The molecule has 116 valence electrons. The molecular weight excluding hydrogens is 273 g/mol. The second kappa shape index (κ2) is 9.91. The van der Waals surface area contributed by atoms with E-state index >= 15 is 0 Å². The number of ether oxygens (including phenoxy) is 1. The van der Waals surface area contributed by atoms with Gasteiger partial charge in [-0.15, -0.1) is 0 Å². The Morgan fingerprint density at radius 1 is 1.10 bits per heavy atom. The molecule has 0 aliphatic rings. The van der Waals surface area contributed by atoms with Gasteiger partial charge in [-0.05, 0) is 31.9 Å². The number of amides is 1. The van der Waals surface area contributed by atoms with Gasteiger partial charge in [0.05, 0.1) is 12.3 Å². The second-order valence-electron chi connectivity index (χ2n) is 4.75. The van der Waals surface area contributed by atoms with Crippen LogP contribution in [0.2, 0.25) is 0 Å². The Morgan fingerprint density at radius 2 is 1.76 bits per heavy atom. The van der Waals surface area contributed by atoms with Gasteiger partial charge in [-0.2, -0.15) is 0 Å². The third-order valence-corrected chi connectivity index (χ3v) is 2.99. The molecule has 0 aliphatic carbocycles. The van der Waals surface area contributed by atoms with Crippen molar-refractivity contribution in [3.05, 3.63) is 30.1 Å². The fourth-order valence-electron chi connectivity index (χ4n) is 1.92. The normalized spacial score (nSPS) is 10.2. The molecule has 1 rings (SSSR count). The number of nitrogens with one attached hydrogen (secondary N) is 1. The summed E-state index contributed by atoms with van der Waals surface area (Å²) in [4.78, 5) is 22.7. The molecule has 0 saturated heterocycles. The molecule has 0 radical (unpaired) electrons. The number of benzene rings is 1. The number of hydrogen-bond donors (Lipinski definition) is 1. The maximum atomic E-state index is 13.3. The van der Waals surface area contributed by atoms with E-state index in [1.54, 1.807) is 19.1 Å². The van der Waals surface area contributed by atoms with Crippen LogP contribution < -0.4 is 5.32 Å². The lowest BCUT2D eigenvalue weighted by Gasteiger charge is -2.06. The quantitative estimate of drug-likeness (QED) is 0.558. The van der Waals surface area contributed by atoms with E-state index in [1.807, 2.05) is 0 Å². The van der Waals surface area contributed by atoms with Crippen molar-refractivity contribution in [3.8, 4) is 0 Å². The first-order chi connectivity index (χ1) is 10.1. The van der Waals surface area contributed by atoms with Crippen molar-refractivity contribution < 1.29 is 18.7 Å². The highest BCUT2D eigenvalue weighted by Crippen LogP contribution is 2.13. The third-order valence-electron chi connectivity index (χ3n) is 2.99. The summed E-state index contributed by atoms with van der Waals surface area (Å²) in [6.45, 7) is 2.20. The van der Waals surface area contributed by atoms with Crippen molar-refractivity contribution in [2.75, 3.05) is 11.9 Å². The molecule has 0 aromatic heterocycles. The summed E-state index contributed by atoms with van der Waals surface area (Å²) in [6, 6.07) is 6.10. The number of unbranched alkanes of at least 4 members (excludes halogenated alkanes) is 3. The third kappa shape index (κ3) is 7.44. The number of anilines is 1. The van der Waals surface area contributed by atoms with E-state index in [2.05, 4.69) is 5.32 Å². The van der Waals surface area contributed by atoms with Gasteiger partial charge < -0.3 is 10.1 Å². The van der Waals surface area contributed by atoms with Gasteiger partial charge >= 0.3 is 5.97 Å². The van der Waals surface area contributed by atoms with E-state index < -0.39 is 5.82 Å². The first kappa shape index (κ1) is 17.1. The van der Waals surface area contributed by atoms with E-state index in [1.165, 1.54) is 12.1 Å². The molecule has 0 heterocycles. The molecule has 1 aromatic rings. The summed E-state index contributed by atoms with van der Waals surface area (Å²) in [6.07, 6.45) is 4.02. The van der Waals surface area contributed by atoms with Gasteiger partial charge in [-0.3, -0.25) is 9.59 Å². The second-order valence-corrected chi connectivity index (χ2v) is 4.75. The molecule has 4 nitrogen and oxygen atoms in total. The van der Waals surface area contributed by atoms with Gasteiger partial charge in [0.2, 0.25) is 5.91 Å². The monoisotopic (exact) mass is 295 g/mol. The molecule has 5 heteroatoms. The molecule has 0 unspecified atom stereocenters. The Balaban J connectivity index is 2.09. The minimum Gasteiger partial charge on any atom is -0.466 e. The number of halogens is 1. The van der Waals surface area contributed by atoms with Gasteiger partial charge in [0.25, 0.3) is 0 Å². The highest BCUT2D eigenvalue weighted by Gasteiger charge is 2.06. The largest absolute Gasteiger partial charge is 0.466 e. The molecule has 0 saturated carbocycles. The number of para-hydroxylation sites is 1. The van der Waals surface area contributed by atoms with Crippen molar-refractivity contribution in [1.29, 1.82) is 0 Å². The summed E-state index contributed by atoms with van der Waals surface area (Å²) in [5, 5.41) is 2.55. The van der Waals surface area contributed by atoms with Crippen molar-refractivity contribution in [2.45, 2.75) is 45.4 Å². The van der Waals surface area contributed by atoms with Gasteiger partial charge in [-0.1, -0.05) is 25.0 Å². The Hall–Kier alpha value is -1.91. The summed E-state index contributed by atoms with van der Waals surface area (Å²) < 4.78 is 18.1. The van der Waals surface area contributed by atoms with Gasteiger partial charge in [0, 0.05) is 12.8 Å². The van der Waals surface area contributed by atoms with Crippen molar-refractivity contribution in [3.63, 3.8) is 0 Å². The molecule has 0 fully saturated rings. The van der Waals surface area contributed by atoms with E-state index in [0.29, 0.717) is 19.4 Å². The van der Waals surface area contributed by atoms with E-state index in [9.17, 15) is 14.0 Å². The van der Waals surface area contributed by atoms with E-state index in [0.717, 1.165) is 25.7 Å². The number of carbonyl (C=O) groups is 2. The lowest BCUT2D eigenvalue weighted by Crippen LogP contribution is -2.12. The van der Waals surface area contributed by atoms with Crippen LogP contribution in [0.3, 0.4) is 0 Å². The minimum atomic E-state index is -0.430. The first-order valence-corrected chi connectivity index (χ1v) is 7.33. The topological polar surface area (TPSA) is 55.4 Å². The number of rotatable bonds is 9. The van der Waals surface area contributed by atoms with Gasteiger partial charge in [0.1, 0.15) is 5.82 Å². The predicted octanol–water partition coefficient (Wildman–Crippen LogP) is 3.67. The molecule has 0 bridgehead atoms. The van der Waals surface area contributed by atoms with Gasteiger partial charge in [0.15, 0.2) is 0 Å². The molecular formula is C16H22FNO3. The lowest BCUT2D eigenvalue weighted by atomic mass is 10.1. The van der Waals surface area contributed by atoms with Crippen LogP contribution in [0, 0.1) is 5.82 Å². The van der Waals surface area contributed by atoms with Crippen molar-refractivity contribution >= 4 is 17.6 Å². The molecule has 1 N–H and O–H groups in total. The zero-order valence-electron chi connectivity index (χ0n) is 12.4. The first-order valence-electron chi connectivity index (χ1n) is 7.33. The number of carbonyl (C=O) groups excluding carboxylic acids is 2. The van der Waals surface area contributed by atoms with Crippen molar-refractivity contribution in [1.82, 2.24) is 0 Å². The highest BCUT2D eigenvalue weighted by atomic mass is 19.1. The maximum absolute atomic E-state index is 13.3. The van der Waals surface area contributed by atoms with Crippen LogP contribution in [-0.4, -0.2) is 18.5 Å². The molecule has 1 amide bonds. The van der Waals surface area contributed by atoms with Crippen LogP contribution in [0.1, 0.15) is 45.4 Å². The van der Waals surface area contributed by atoms with Crippen LogP contribution in [0.15, 0.2) is 24.3 Å². The molecule has 1 aromatic carbocycles. The Kier molecular flexibility index (Phi) is 8.09. The zero-order chi connectivity index (χ0) is 15.5. The summed E-state index contributed by atoms with van der Waals surface area (Å²) in [5.41, 5.74) is 0.213. The summed E-state index contributed by atoms with van der Waals surface area (Å²) in [5.74, 6) is -0.791. The van der Waals surface area contributed by atoms with E-state index in [4.69, 9.17) is 4.74 Å². The summed E-state index contributed by atoms with van der Waals surface area (Å²) >= 11 is 0. The minimum absolute atomic E-state index is 0.171. The summed E-state index contributed by atoms with van der Waals surface area (Å²) in [7, 11) is 0. The van der Waals surface area contributed by atoms with Crippen LogP contribution >= 0.6 is 0 Å². The zero-order valence-corrected chi connectivity index (χ0v) is 12.4. The van der Waals surface area contributed by atoms with Crippen LogP contribution in [0.5, 0.6) is 0 Å². The predicted molar refractivity (Wildman–Crippen MR) is 79.4 cm³/mol. The van der Waals surface area contributed by atoms with Crippen LogP contribution in [0.25, 0.3) is 0 Å². The van der Waals surface area contributed by atoms with E-state index in [-0.39, 0.29) is 17.6 Å². The standard InChI is InChI=1S/C16H22FNO3/c1-2-21-16(20)12-6-4-3-5-11-15(19)18-14-10-8-7-9-13(14)17/h7-10H,2-6,11-12H2,1H3,(H,18,19). The van der Waals surface area contributed by atoms with Gasteiger partial charge in [-0.25, -0.2) is 4.39 Å². The Morgan fingerprint density at radius 3 is 2.43 bits per heavy atom. The SMILES string of the molecule is CCOC(=O)CCCCCCC(=O)Nc1ccccc1F. The average molecular weight is 295 g/mol. The molecule has 0 aliphatic heterocycles.